The van der Waals surface area contributed by atoms with Crippen molar-refractivity contribution in [2.24, 2.45) is 0 Å². The van der Waals surface area contributed by atoms with Gasteiger partial charge in [-0.05, 0) is 29.5 Å². The maximum Gasteiger partial charge on any atom is 0.306 e. The molecule has 0 spiro atoms. The highest BCUT2D eigenvalue weighted by Crippen LogP contribution is 2.12. The number of carbonyl (C=O) groups is 3. The van der Waals surface area contributed by atoms with E-state index >= 15 is 0 Å². The van der Waals surface area contributed by atoms with E-state index in [1.165, 1.54) is 11.3 Å². The topological polar surface area (TPSA) is 72.5 Å². The molecule has 6 heteroatoms. The molecule has 1 N–H and O–H groups in total. The second-order valence-electron chi connectivity index (χ2n) is 5.26. The van der Waals surface area contributed by atoms with Crippen LogP contribution in [0.25, 0.3) is 0 Å². The monoisotopic (exact) mass is 345 g/mol. The van der Waals surface area contributed by atoms with Crippen molar-refractivity contribution in [3.63, 3.8) is 0 Å². The number of rotatable bonds is 8. The number of esters is 1. The molecule has 0 aliphatic rings. The summed E-state index contributed by atoms with van der Waals surface area (Å²) in [7, 11) is 0. The van der Waals surface area contributed by atoms with Gasteiger partial charge >= 0.3 is 5.97 Å². The van der Waals surface area contributed by atoms with Crippen LogP contribution in [0.1, 0.15) is 33.6 Å². The third kappa shape index (κ3) is 5.62. The standard InChI is InChI=1S/C18H19NO4S/c1-13-5-2-3-6-14(13)11-19-17(21)12-23-18(22)9-8-15(20)16-7-4-10-24-16/h2-7,10H,8-9,11-12H2,1H3,(H,19,21). The van der Waals surface area contributed by atoms with Crippen molar-refractivity contribution in [1.29, 1.82) is 0 Å². The molecule has 0 radical (unpaired) electrons. The van der Waals surface area contributed by atoms with E-state index in [1.54, 1.807) is 12.1 Å². The SMILES string of the molecule is Cc1ccccc1CNC(=O)COC(=O)CCC(=O)c1cccs1. The Morgan fingerprint density at radius 3 is 2.58 bits per heavy atom. The fourth-order valence-corrected chi connectivity index (χ4v) is 2.74. The minimum absolute atomic E-state index is 0.0260. The van der Waals surface area contributed by atoms with E-state index < -0.39 is 5.97 Å². The minimum Gasteiger partial charge on any atom is -0.456 e. The van der Waals surface area contributed by atoms with Gasteiger partial charge in [-0.2, -0.15) is 0 Å². The zero-order valence-corrected chi connectivity index (χ0v) is 14.2. The smallest absolute Gasteiger partial charge is 0.306 e. The summed E-state index contributed by atoms with van der Waals surface area (Å²) < 4.78 is 4.89. The molecular formula is C18H19NO4S. The fraction of sp³-hybridized carbons (Fsp3) is 0.278. The van der Waals surface area contributed by atoms with Crippen molar-refractivity contribution >= 4 is 29.0 Å². The Balaban J connectivity index is 1.65. The molecule has 0 fully saturated rings. The van der Waals surface area contributed by atoms with Gasteiger partial charge in [0, 0.05) is 13.0 Å². The highest BCUT2D eigenvalue weighted by molar-refractivity contribution is 7.12. The molecule has 5 nitrogen and oxygen atoms in total. The van der Waals surface area contributed by atoms with Crippen LogP contribution in [-0.2, 0) is 20.9 Å². The van der Waals surface area contributed by atoms with Gasteiger partial charge in [0.25, 0.3) is 5.91 Å². The first-order valence-corrected chi connectivity index (χ1v) is 8.48. The summed E-state index contributed by atoms with van der Waals surface area (Å²) in [6.07, 6.45) is 0.0615. The Hall–Kier alpha value is -2.47. The lowest BCUT2D eigenvalue weighted by Gasteiger charge is -2.08. The largest absolute Gasteiger partial charge is 0.456 e. The molecule has 2 rings (SSSR count). The van der Waals surface area contributed by atoms with Gasteiger partial charge in [0.1, 0.15) is 0 Å². The fourth-order valence-electron chi connectivity index (χ4n) is 2.05. The number of thiophene rings is 1. The van der Waals surface area contributed by atoms with Crippen LogP contribution in [0.15, 0.2) is 41.8 Å². The molecule has 2 aromatic rings. The Morgan fingerprint density at radius 1 is 1.08 bits per heavy atom. The van der Waals surface area contributed by atoms with Crippen LogP contribution >= 0.6 is 11.3 Å². The molecule has 1 aromatic carbocycles. The maximum absolute atomic E-state index is 11.8. The van der Waals surface area contributed by atoms with Gasteiger partial charge < -0.3 is 10.1 Å². The van der Waals surface area contributed by atoms with Crippen LogP contribution in [-0.4, -0.2) is 24.3 Å². The zero-order valence-electron chi connectivity index (χ0n) is 13.4. The van der Waals surface area contributed by atoms with Crippen molar-refractivity contribution < 1.29 is 19.1 Å². The van der Waals surface area contributed by atoms with Gasteiger partial charge in [-0.25, -0.2) is 0 Å². The molecule has 126 valence electrons. The Morgan fingerprint density at radius 2 is 1.88 bits per heavy atom. The minimum atomic E-state index is -0.550. The van der Waals surface area contributed by atoms with Gasteiger partial charge in [0.2, 0.25) is 0 Å². The first kappa shape index (κ1) is 17.9. The van der Waals surface area contributed by atoms with E-state index in [9.17, 15) is 14.4 Å². The summed E-state index contributed by atoms with van der Waals surface area (Å²) in [6.45, 7) is 2.02. The zero-order chi connectivity index (χ0) is 17.4. The molecule has 24 heavy (non-hydrogen) atoms. The van der Waals surface area contributed by atoms with Gasteiger partial charge in [-0.1, -0.05) is 30.3 Å². The van der Waals surface area contributed by atoms with Crippen LogP contribution in [0.4, 0.5) is 0 Å². The third-order valence-electron chi connectivity index (χ3n) is 3.45. The molecule has 1 amide bonds. The molecule has 0 aliphatic heterocycles. The summed E-state index contributed by atoms with van der Waals surface area (Å²) in [6, 6.07) is 11.2. The van der Waals surface area contributed by atoms with E-state index in [-0.39, 0.29) is 31.1 Å². The lowest BCUT2D eigenvalue weighted by Crippen LogP contribution is -2.28. The number of nitrogens with one attached hydrogen (secondary N) is 1. The predicted molar refractivity (Wildman–Crippen MR) is 91.9 cm³/mol. The molecule has 1 heterocycles. The van der Waals surface area contributed by atoms with Crippen molar-refractivity contribution in [2.75, 3.05) is 6.61 Å². The van der Waals surface area contributed by atoms with Gasteiger partial charge in [0.05, 0.1) is 11.3 Å². The number of amides is 1. The van der Waals surface area contributed by atoms with Gasteiger partial charge in [-0.3, -0.25) is 14.4 Å². The van der Waals surface area contributed by atoms with Crippen molar-refractivity contribution in [3.8, 4) is 0 Å². The van der Waals surface area contributed by atoms with E-state index in [2.05, 4.69) is 5.32 Å². The van der Waals surface area contributed by atoms with E-state index in [4.69, 9.17) is 4.74 Å². The maximum atomic E-state index is 11.8. The highest BCUT2D eigenvalue weighted by atomic mass is 32.1. The number of ether oxygens (including phenoxy) is 1. The van der Waals surface area contributed by atoms with Gasteiger partial charge in [-0.15, -0.1) is 11.3 Å². The number of benzene rings is 1. The Labute approximate surface area is 144 Å². The number of Topliss-reactive ketones (excluding diaryl/α,β-unsaturated/α-hetero) is 1. The number of hydrogen-bond donors (Lipinski definition) is 1. The van der Waals surface area contributed by atoms with Crippen LogP contribution in [0, 0.1) is 6.92 Å². The summed E-state index contributed by atoms with van der Waals surface area (Å²) in [5, 5.41) is 4.51. The molecule has 0 unspecified atom stereocenters. The highest BCUT2D eigenvalue weighted by Gasteiger charge is 2.12. The van der Waals surface area contributed by atoms with E-state index in [1.807, 2.05) is 36.6 Å². The average molecular weight is 345 g/mol. The van der Waals surface area contributed by atoms with Crippen LogP contribution in [0.2, 0.25) is 0 Å². The first-order chi connectivity index (χ1) is 11.6. The molecule has 0 saturated heterocycles. The van der Waals surface area contributed by atoms with E-state index in [0.717, 1.165) is 11.1 Å². The molecule has 0 bridgehead atoms. The van der Waals surface area contributed by atoms with Crippen LogP contribution in [0.5, 0.6) is 0 Å². The molecule has 0 aliphatic carbocycles. The molecule has 0 atom stereocenters. The second-order valence-corrected chi connectivity index (χ2v) is 6.21. The quantitative estimate of drug-likeness (QED) is 0.590. The molecule has 0 saturated carbocycles. The summed E-state index contributed by atoms with van der Waals surface area (Å²) in [4.78, 5) is 35.7. The number of aryl methyl sites for hydroxylation is 1. The number of carbonyl (C=O) groups excluding carboxylic acids is 3. The predicted octanol–water partition coefficient (Wildman–Crippen LogP) is 2.88. The first-order valence-electron chi connectivity index (χ1n) is 7.60. The van der Waals surface area contributed by atoms with E-state index in [0.29, 0.717) is 11.4 Å². The Bertz CT molecular complexity index is 710. The van der Waals surface area contributed by atoms with Crippen molar-refractivity contribution in [3.05, 3.63) is 57.8 Å². The second kappa shape index (κ2) is 8.98. The summed E-state index contributed by atoms with van der Waals surface area (Å²) in [5.74, 6) is -1.01. The summed E-state index contributed by atoms with van der Waals surface area (Å²) in [5.41, 5.74) is 2.10. The van der Waals surface area contributed by atoms with Crippen LogP contribution < -0.4 is 5.32 Å². The van der Waals surface area contributed by atoms with Gasteiger partial charge in [0.15, 0.2) is 12.4 Å². The normalized spacial score (nSPS) is 10.2. The average Bonchev–Trinajstić information content (AvgIpc) is 3.11. The summed E-state index contributed by atoms with van der Waals surface area (Å²) >= 11 is 1.34. The lowest BCUT2D eigenvalue weighted by atomic mass is 10.1. The molecule has 1 aromatic heterocycles. The van der Waals surface area contributed by atoms with Crippen molar-refractivity contribution in [1.82, 2.24) is 5.32 Å². The third-order valence-corrected chi connectivity index (χ3v) is 4.36. The Kier molecular flexibility index (Phi) is 6.69. The van der Waals surface area contributed by atoms with Crippen molar-refractivity contribution in [2.45, 2.75) is 26.3 Å². The lowest BCUT2D eigenvalue weighted by molar-refractivity contribution is -0.148. The molecular weight excluding hydrogens is 326 g/mol. The van der Waals surface area contributed by atoms with Crippen LogP contribution in [0.3, 0.4) is 0 Å². The number of hydrogen-bond acceptors (Lipinski definition) is 5. The number of ketones is 1.